The minimum absolute atomic E-state index is 0.106. The molecular weight excluding hydrogens is 372 g/mol. The average Bonchev–Trinajstić information content (AvgIpc) is 3.19. The minimum Gasteiger partial charge on any atom is -0.390 e. The number of benzene rings is 1. The first-order valence-electron chi connectivity index (χ1n) is 9.58. The molecule has 0 spiro atoms. The number of hydrogen-bond donors (Lipinski definition) is 1. The molecule has 0 radical (unpaired) electrons. The summed E-state index contributed by atoms with van der Waals surface area (Å²) in [4.78, 5) is 27.3. The molecule has 1 N–H and O–H groups in total. The lowest BCUT2D eigenvalue weighted by Crippen LogP contribution is -2.40. The smallest absolute Gasteiger partial charge is 0.346 e. The van der Waals surface area contributed by atoms with Gasteiger partial charge in [0.1, 0.15) is 12.4 Å². The zero-order valence-corrected chi connectivity index (χ0v) is 16.6. The molecule has 1 aromatic carbocycles. The molecule has 2 aromatic heterocycles. The molecule has 1 aliphatic rings. The third kappa shape index (κ3) is 3.61. The van der Waals surface area contributed by atoms with Gasteiger partial charge in [-0.2, -0.15) is 10.2 Å². The van der Waals surface area contributed by atoms with E-state index in [0.717, 1.165) is 16.8 Å². The summed E-state index contributed by atoms with van der Waals surface area (Å²) in [6, 6.07) is 9.68. The summed E-state index contributed by atoms with van der Waals surface area (Å²) in [6.07, 6.45) is 0.668. The molecule has 0 saturated heterocycles. The van der Waals surface area contributed by atoms with Gasteiger partial charge >= 0.3 is 5.69 Å². The second-order valence-electron chi connectivity index (χ2n) is 7.28. The largest absolute Gasteiger partial charge is 0.390 e. The summed E-state index contributed by atoms with van der Waals surface area (Å²) in [5.41, 5.74) is 3.24. The molecule has 152 valence electrons. The molecule has 3 heterocycles. The lowest BCUT2D eigenvalue weighted by molar-refractivity contribution is -0.133. The summed E-state index contributed by atoms with van der Waals surface area (Å²) >= 11 is 0. The first kappa shape index (κ1) is 19.1. The number of aromatic nitrogens is 5. The predicted octanol–water partition coefficient (Wildman–Crippen LogP) is 0.212. The second kappa shape index (κ2) is 7.67. The van der Waals surface area contributed by atoms with Crippen LogP contribution >= 0.6 is 0 Å². The molecule has 3 aromatic rings. The van der Waals surface area contributed by atoms with Crippen LogP contribution in [0.25, 0.3) is 0 Å². The van der Waals surface area contributed by atoms with E-state index in [-0.39, 0.29) is 24.7 Å². The Labute approximate surface area is 167 Å². The highest BCUT2D eigenvalue weighted by Crippen LogP contribution is 2.22. The number of aliphatic hydroxyl groups is 1. The van der Waals surface area contributed by atoms with Crippen molar-refractivity contribution in [3.8, 4) is 0 Å². The molecule has 0 atom stereocenters. The highest BCUT2D eigenvalue weighted by molar-refractivity contribution is 5.76. The molecule has 0 unspecified atom stereocenters. The van der Waals surface area contributed by atoms with E-state index in [1.807, 2.05) is 37.4 Å². The first-order chi connectivity index (χ1) is 14.0. The third-order valence-electron chi connectivity index (χ3n) is 5.40. The highest BCUT2D eigenvalue weighted by atomic mass is 16.3. The Morgan fingerprint density at radius 1 is 1.21 bits per heavy atom. The van der Waals surface area contributed by atoms with Crippen molar-refractivity contribution in [2.24, 2.45) is 7.05 Å². The molecule has 0 saturated carbocycles. The van der Waals surface area contributed by atoms with Gasteiger partial charge in [0.15, 0.2) is 0 Å². The van der Waals surface area contributed by atoms with Crippen LogP contribution in [0.1, 0.15) is 28.3 Å². The van der Waals surface area contributed by atoms with Crippen LogP contribution in [-0.4, -0.2) is 46.6 Å². The molecule has 9 nitrogen and oxygen atoms in total. The van der Waals surface area contributed by atoms with E-state index in [2.05, 4.69) is 10.2 Å². The average molecular weight is 396 g/mol. The third-order valence-corrected chi connectivity index (χ3v) is 5.40. The Kier molecular flexibility index (Phi) is 5.06. The van der Waals surface area contributed by atoms with E-state index >= 15 is 0 Å². The quantitative estimate of drug-likeness (QED) is 0.665. The summed E-state index contributed by atoms with van der Waals surface area (Å²) in [5.74, 6) is 0.400. The van der Waals surface area contributed by atoms with Crippen molar-refractivity contribution in [2.75, 3.05) is 6.54 Å². The van der Waals surface area contributed by atoms with Gasteiger partial charge in [-0.1, -0.05) is 30.3 Å². The van der Waals surface area contributed by atoms with Crippen molar-refractivity contribution < 1.29 is 9.90 Å². The van der Waals surface area contributed by atoms with Gasteiger partial charge < -0.3 is 10.0 Å². The number of fused-ring (bicyclic) bond motifs is 1. The lowest BCUT2D eigenvalue weighted by Gasteiger charge is -2.27. The number of aliphatic hydroxyl groups excluding tert-OH is 1. The number of nitrogens with zero attached hydrogens (tertiary/aromatic N) is 6. The van der Waals surface area contributed by atoms with Gasteiger partial charge in [0.25, 0.3) is 0 Å². The van der Waals surface area contributed by atoms with Gasteiger partial charge in [-0.05, 0) is 12.5 Å². The van der Waals surface area contributed by atoms with E-state index in [9.17, 15) is 14.7 Å². The number of carbonyl (C=O) groups is 1. The van der Waals surface area contributed by atoms with Crippen LogP contribution < -0.4 is 5.69 Å². The van der Waals surface area contributed by atoms with Gasteiger partial charge in [-0.15, -0.1) is 0 Å². The maximum Gasteiger partial charge on any atom is 0.346 e. The highest BCUT2D eigenvalue weighted by Gasteiger charge is 2.27. The Balaban J connectivity index is 1.50. The van der Waals surface area contributed by atoms with E-state index in [1.54, 1.807) is 21.1 Å². The van der Waals surface area contributed by atoms with Crippen molar-refractivity contribution in [1.82, 2.24) is 29.0 Å². The lowest BCUT2D eigenvalue weighted by atomic mass is 10.1. The molecule has 29 heavy (non-hydrogen) atoms. The minimum atomic E-state index is -0.296. The van der Waals surface area contributed by atoms with Crippen LogP contribution in [-0.2, 0) is 44.5 Å². The van der Waals surface area contributed by atoms with Crippen LogP contribution in [0.15, 0.2) is 35.1 Å². The van der Waals surface area contributed by atoms with Crippen LogP contribution in [0, 0.1) is 6.92 Å². The molecule has 0 fully saturated rings. The Morgan fingerprint density at radius 3 is 2.69 bits per heavy atom. The zero-order chi connectivity index (χ0) is 20.5. The summed E-state index contributed by atoms with van der Waals surface area (Å²) in [5, 5.41) is 18.1. The van der Waals surface area contributed by atoms with Crippen molar-refractivity contribution in [2.45, 2.75) is 39.6 Å². The molecule has 9 heteroatoms. The molecule has 0 aliphatic carbocycles. The van der Waals surface area contributed by atoms with Crippen LogP contribution in [0.5, 0.6) is 0 Å². The number of amides is 1. The van der Waals surface area contributed by atoms with Gasteiger partial charge in [0, 0.05) is 37.8 Å². The van der Waals surface area contributed by atoms with Crippen LogP contribution in [0.3, 0.4) is 0 Å². The zero-order valence-electron chi connectivity index (χ0n) is 16.6. The fraction of sp³-hybridized carbons (Fsp3) is 0.400. The Bertz CT molecular complexity index is 1100. The summed E-state index contributed by atoms with van der Waals surface area (Å²) in [6.45, 7) is 2.86. The molecule has 0 bridgehead atoms. The molecular formula is C20H24N6O3. The number of rotatable bonds is 5. The van der Waals surface area contributed by atoms with Crippen molar-refractivity contribution in [1.29, 1.82) is 0 Å². The van der Waals surface area contributed by atoms with E-state index < -0.39 is 0 Å². The van der Waals surface area contributed by atoms with Gasteiger partial charge in [-0.25, -0.2) is 9.48 Å². The summed E-state index contributed by atoms with van der Waals surface area (Å²) < 4.78 is 4.57. The Morgan fingerprint density at radius 2 is 1.97 bits per heavy atom. The topological polar surface area (TPSA) is 98.2 Å². The standard InChI is InChI=1S/C20H24N6O3/c1-14-21-26(20(29)25(14)10-15-6-4-3-5-7-15)12-19(28)24-9-8-18-16(11-24)17(13-27)22-23(18)2/h3-7,27H,8-13H2,1-2H3. The van der Waals surface area contributed by atoms with Crippen molar-refractivity contribution in [3.63, 3.8) is 0 Å². The number of hydrogen-bond acceptors (Lipinski definition) is 5. The van der Waals surface area contributed by atoms with Gasteiger partial charge in [-0.3, -0.25) is 14.0 Å². The SMILES string of the molecule is Cc1nn(CC(=O)N2CCc3c(c(CO)nn3C)C2)c(=O)n1Cc1ccccc1. The molecule has 4 rings (SSSR count). The fourth-order valence-corrected chi connectivity index (χ4v) is 3.84. The maximum absolute atomic E-state index is 12.8. The van der Waals surface area contributed by atoms with E-state index in [1.165, 1.54) is 4.68 Å². The predicted molar refractivity (Wildman–Crippen MR) is 105 cm³/mol. The summed E-state index contributed by atoms with van der Waals surface area (Å²) in [7, 11) is 1.84. The fourth-order valence-electron chi connectivity index (χ4n) is 3.84. The van der Waals surface area contributed by atoms with E-state index in [0.29, 0.717) is 37.6 Å². The second-order valence-corrected chi connectivity index (χ2v) is 7.28. The molecule has 1 aliphatic heterocycles. The number of aryl methyl sites for hydroxylation is 2. The van der Waals surface area contributed by atoms with Crippen molar-refractivity contribution in [3.05, 3.63) is 69.2 Å². The monoisotopic (exact) mass is 396 g/mol. The van der Waals surface area contributed by atoms with Crippen LogP contribution in [0.2, 0.25) is 0 Å². The van der Waals surface area contributed by atoms with Gasteiger partial charge in [0.05, 0.1) is 18.8 Å². The first-order valence-corrected chi connectivity index (χ1v) is 9.58. The molecule has 1 amide bonds. The number of carbonyl (C=O) groups excluding carboxylic acids is 1. The van der Waals surface area contributed by atoms with Crippen molar-refractivity contribution >= 4 is 5.91 Å². The van der Waals surface area contributed by atoms with Crippen LogP contribution in [0.4, 0.5) is 0 Å². The van der Waals surface area contributed by atoms with E-state index in [4.69, 9.17) is 0 Å². The normalized spacial score (nSPS) is 13.6. The Hall–Kier alpha value is -3.20. The maximum atomic E-state index is 12.8. The van der Waals surface area contributed by atoms with Gasteiger partial charge in [0.2, 0.25) is 5.91 Å².